The molecule has 0 aromatic carbocycles. The third kappa shape index (κ3) is 7.53. The lowest BCUT2D eigenvalue weighted by atomic mass is 9.73. The van der Waals surface area contributed by atoms with Gasteiger partial charge in [-0.15, -0.1) is 0 Å². The smallest absolute Gasteiger partial charge is 0.0598 e. The van der Waals surface area contributed by atoms with Crippen LogP contribution in [0.15, 0.2) is 0 Å². The van der Waals surface area contributed by atoms with Crippen LogP contribution < -0.4 is 0 Å². The van der Waals surface area contributed by atoms with Crippen LogP contribution in [0.2, 0.25) is 0 Å². The van der Waals surface area contributed by atoms with Gasteiger partial charge < -0.3 is 14.5 Å². The van der Waals surface area contributed by atoms with E-state index in [2.05, 4.69) is 51.3 Å². The molecule has 0 aromatic heterocycles. The minimum Gasteiger partial charge on any atom is -0.376 e. The summed E-state index contributed by atoms with van der Waals surface area (Å²) in [5, 5.41) is 0. The molecule has 0 amide bonds. The van der Waals surface area contributed by atoms with Gasteiger partial charge in [0.1, 0.15) is 0 Å². The van der Waals surface area contributed by atoms with Crippen LogP contribution >= 0.6 is 0 Å². The summed E-state index contributed by atoms with van der Waals surface area (Å²) in [6, 6.07) is 0. The summed E-state index contributed by atoms with van der Waals surface area (Å²) in [6.45, 7) is 22.0. The zero-order chi connectivity index (χ0) is 17.1. The van der Waals surface area contributed by atoms with Gasteiger partial charge in [-0.25, -0.2) is 0 Å². The molecule has 1 aliphatic carbocycles. The molecule has 0 atom stereocenters. The quantitative estimate of drug-likeness (QED) is 0.737. The predicted molar refractivity (Wildman–Crippen MR) is 98.9 cm³/mol. The first-order valence-corrected chi connectivity index (χ1v) is 9.69. The standard InChI is InChI=1S/C20H40N2O/c1-19(2,3)16-22-11-9-21(10-12-22)8-7-17-13-18(14-17)15-23-20(4,5)6/h17-18H,7-16H2,1-6H3. The van der Waals surface area contributed by atoms with E-state index in [0.29, 0.717) is 5.41 Å². The van der Waals surface area contributed by atoms with Crippen molar-refractivity contribution < 1.29 is 4.74 Å². The largest absolute Gasteiger partial charge is 0.376 e. The fourth-order valence-electron chi connectivity index (χ4n) is 3.82. The average Bonchev–Trinajstić information content (AvgIpc) is 2.35. The summed E-state index contributed by atoms with van der Waals surface area (Å²) in [5.74, 6) is 1.78. The molecule has 1 heterocycles. The van der Waals surface area contributed by atoms with Crippen molar-refractivity contribution in [2.45, 2.75) is 66.4 Å². The first kappa shape index (κ1) is 19.2. The Morgan fingerprint density at radius 2 is 1.39 bits per heavy atom. The molecule has 23 heavy (non-hydrogen) atoms. The van der Waals surface area contributed by atoms with Crippen LogP contribution in [0.4, 0.5) is 0 Å². The molecule has 1 aliphatic heterocycles. The third-order valence-corrected chi connectivity index (χ3v) is 5.10. The molecule has 2 fully saturated rings. The molecule has 0 unspecified atom stereocenters. The SMILES string of the molecule is CC(C)(C)CN1CCN(CCC2CC(COC(C)(C)C)C2)CC1. The molecule has 0 N–H and O–H groups in total. The van der Waals surface area contributed by atoms with Crippen LogP contribution in [-0.2, 0) is 4.74 Å². The van der Waals surface area contributed by atoms with Crippen LogP contribution in [0.3, 0.4) is 0 Å². The van der Waals surface area contributed by atoms with E-state index in [1.54, 1.807) is 0 Å². The first-order valence-electron chi connectivity index (χ1n) is 9.69. The van der Waals surface area contributed by atoms with E-state index >= 15 is 0 Å². The summed E-state index contributed by atoms with van der Waals surface area (Å²) in [4.78, 5) is 5.32. The highest BCUT2D eigenvalue weighted by Crippen LogP contribution is 2.37. The lowest BCUT2D eigenvalue weighted by molar-refractivity contribution is -0.0480. The normalized spacial score (nSPS) is 27.9. The van der Waals surface area contributed by atoms with Crippen molar-refractivity contribution in [1.29, 1.82) is 0 Å². The van der Waals surface area contributed by atoms with Crippen molar-refractivity contribution in [1.82, 2.24) is 9.80 Å². The number of hydrogen-bond acceptors (Lipinski definition) is 3. The molecule has 2 rings (SSSR count). The highest BCUT2D eigenvalue weighted by molar-refractivity contribution is 4.82. The number of nitrogens with zero attached hydrogens (tertiary/aromatic N) is 2. The molecule has 0 spiro atoms. The Morgan fingerprint density at radius 3 is 1.91 bits per heavy atom. The molecule has 3 nitrogen and oxygen atoms in total. The molecule has 0 radical (unpaired) electrons. The first-order chi connectivity index (χ1) is 10.6. The molecule has 1 saturated carbocycles. The topological polar surface area (TPSA) is 15.7 Å². The van der Waals surface area contributed by atoms with Crippen LogP contribution in [0.1, 0.15) is 60.8 Å². The molecular formula is C20H40N2O. The van der Waals surface area contributed by atoms with Crippen LogP contribution in [0.25, 0.3) is 0 Å². The Labute approximate surface area is 144 Å². The number of hydrogen-bond donors (Lipinski definition) is 0. The third-order valence-electron chi connectivity index (χ3n) is 5.10. The maximum absolute atomic E-state index is 5.91. The van der Waals surface area contributed by atoms with Gasteiger partial charge in [0.05, 0.1) is 12.2 Å². The molecule has 2 aliphatic rings. The van der Waals surface area contributed by atoms with E-state index in [-0.39, 0.29) is 5.60 Å². The van der Waals surface area contributed by atoms with Crippen molar-refractivity contribution >= 4 is 0 Å². The van der Waals surface area contributed by atoms with Gasteiger partial charge in [0.2, 0.25) is 0 Å². The Kier molecular flexibility index (Phi) is 6.55. The van der Waals surface area contributed by atoms with E-state index in [1.807, 2.05) is 0 Å². The Morgan fingerprint density at radius 1 is 0.826 bits per heavy atom. The summed E-state index contributed by atoms with van der Waals surface area (Å²) in [6.07, 6.45) is 4.17. The van der Waals surface area contributed by atoms with Crippen LogP contribution in [-0.4, -0.2) is 61.3 Å². The van der Waals surface area contributed by atoms with Crippen molar-refractivity contribution in [3.8, 4) is 0 Å². The average molecular weight is 325 g/mol. The zero-order valence-corrected chi connectivity index (χ0v) is 16.5. The number of rotatable bonds is 6. The van der Waals surface area contributed by atoms with Crippen LogP contribution in [0, 0.1) is 17.3 Å². The number of piperazine rings is 1. The number of ether oxygens (including phenoxy) is 1. The van der Waals surface area contributed by atoms with Gasteiger partial charge >= 0.3 is 0 Å². The van der Waals surface area contributed by atoms with Crippen molar-refractivity contribution in [3.63, 3.8) is 0 Å². The second kappa shape index (κ2) is 7.84. The van der Waals surface area contributed by atoms with Crippen molar-refractivity contribution in [3.05, 3.63) is 0 Å². The minimum atomic E-state index is 0.0256. The van der Waals surface area contributed by atoms with Gasteiger partial charge in [0, 0.05) is 32.7 Å². The molecule has 0 bridgehead atoms. The molecule has 0 aromatic rings. The van der Waals surface area contributed by atoms with Gasteiger partial charge in [-0.05, 0) is 63.8 Å². The van der Waals surface area contributed by atoms with E-state index < -0.39 is 0 Å². The van der Waals surface area contributed by atoms with Gasteiger partial charge in [-0.1, -0.05) is 20.8 Å². The summed E-state index contributed by atoms with van der Waals surface area (Å²) >= 11 is 0. The fourth-order valence-corrected chi connectivity index (χ4v) is 3.82. The Hall–Kier alpha value is -0.120. The fraction of sp³-hybridized carbons (Fsp3) is 1.00. The van der Waals surface area contributed by atoms with Gasteiger partial charge in [-0.3, -0.25) is 0 Å². The monoisotopic (exact) mass is 324 g/mol. The zero-order valence-electron chi connectivity index (χ0n) is 16.5. The highest BCUT2D eigenvalue weighted by Gasteiger charge is 2.30. The second-order valence-corrected chi connectivity index (χ2v) is 10.1. The molecule has 3 heteroatoms. The highest BCUT2D eigenvalue weighted by atomic mass is 16.5. The summed E-state index contributed by atoms with van der Waals surface area (Å²) < 4.78 is 5.91. The Balaban J connectivity index is 1.52. The van der Waals surface area contributed by atoms with Crippen molar-refractivity contribution in [2.24, 2.45) is 17.3 Å². The van der Waals surface area contributed by atoms with E-state index in [1.165, 1.54) is 58.5 Å². The second-order valence-electron chi connectivity index (χ2n) is 10.1. The summed E-state index contributed by atoms with van der Waals surface area (Å²) in [5.41, 5.74) is 0.454. The maximum atomic E-state index is 5.91. The lowest BCUT2D eigenvalue weighted by Crippen LogP contribution is -2.49. The van der Waals surface area contributed by atoms with Gasteiger partial charge in [0.15, 0.2) is 0 Å². The van der Waals surface area contributed by atoms with Gasteiger partial charge in [0.25, 0.3) is 0 Å². The summed E-state index contributed by atoms with van der Waals surface area (Å²) in [7, 11) is 0. The van der Waals surface area contributed by atoms with E-state index in [4.69, 9.17) is 4.74 Å². The van der Waals surface area contributed by atoms with Gasteiger partial charge in [-0.2, -0.15) is 0 Å². The molecule has 1 saturated heterocycles. The molecule has 136 valence electrons. The maximum Gasteiger partial charge on any atom is 0.0598 e. The van der Waals surface area contributed by atoms with Crippen molar-refractivity contribution in [2.75, 3.05) is 45.9 Å². The molecular weight excluding hydrogens is 284 g/mol. The minimum absolute atomic E-state index is 0.0256. The predicted octanol–water partition coefficient (Wildman–Crippen LogP) is 3.88. The Bertz CT molecular complexity index is 342. The van der Waals surface area contributed by atoms with E-state index in [9.17, 15) is 0 Å². The van der Waals surface area contributed by atoms with Crippen LogP contribution in [0.5, 0.6) is 0 Å². The lowest BCUT2D eigenvalue weighted by Gasteiger charge is -2.40. The van der Waals surface area contributed by atoms with E-state index in [0.717, 1.165) is 18.4 Å².